The molecule has 1 N–H and O–H groups in total. The highest BCUT2D eigenvalue weighted by Crippen LogP contribution is 2.29. The predicted molar refractivity (Wildman–Crippen MR) is 46.7 cm³/mol. The van der Waals surface area contributed by atoms with Crippen LogP contribution in [0.5, 0.6) is 0 Å². The van der Waals surface area contributed by atoms with Gasteiger partial charge in [-0.2, -0.15) is 13.2 Å². The van der Waals surface area contributed by atoms with E-state index in [2.05, 4.69) is 11.3 Å². The van der Waals surface area contributed by atoms with Crippen LogP contribution in [0.3, 0.4) is 0 Å². The number of hydrogen-bond donors (Lipinski definition) is 1. The van der Waals surface area contributed by atoms with E-state index in [-0.39, 0.29) is 5.57 Å². The van der Waals surface area contributed by atoms with Crippen LogP contribution in [0.2, 0.25) is 0 Å². The zero-order valence-electron chi connectivity index (χ0n) is 8.47. The van der Waals surface area contributed by atoms with Gasteiger partial charge in [0, 0.05) is 12.0 Å². The Labute approximate surface area is 85.5 Å². The Morgan fingerprint density at radius 1 is 1.53 bits per heavy atom. The van der Waals surface area contributed by atoms with Gasteiger partial charge in [0.2, 0.25) is 6.29 Å². The Kier molecular flexibility index (Phi) is 4.80. The molecular weight excluding hydrogens is 213 g/mol. The molecule has 0 amide bonds. The molecule has 0 aliphatic rings. The molecule has 2 atom stereocenters. The van der Waals surface area contributed by atoms with Crippen molar-refractivity contribution >= 4 is 5.97 Å². The van der Waals surface area contributed by atoms with E-state index in [0.717, 1.165) is 6.92 Å². The highest BCUT2D eigenvalue weighted by Gasteiger charge is 2.37. The van der Waals surface area contributed by atoms with Crippen molar-refractivity contribution in [2.45, 2.75) is 32.7 Å². The molecular formula is C9H13F3O3. The molecule has 0 heterocycles. The molecule has 0 aromatic heterocycles. The number of carbonyl (C=O) groups is 1. The van der Waals surface area contributed by atoms with Crippen LogP contribution >= 0.6 is 0 Å². The van der Waals surface area contributed by atoms with Gasteiger partial charge in [-0.25, -0.2) is 4.79 Å². The third-order valence-corrected chi connectivity index (χ3v) is 1.71. The largest absolute Gasteiger partial charge is 0.433 e. The van der Waals surface area contributed by atoms with Crippen LogP contribution in [0.25, 0.3) is 0 Å². The fraction of sp³-hybridized carbons (Fsp3) is 0.667. The summed E-state index contributed by atoms with van der Waals surface area (Å²) < 4.78 is 40.4. The number of halogens is 3. The van der Waals surface area contributed by atoms with Gasteiger partial charge in [-0.1, -0.05) is 13.5 Å². The lowest BCUT2D eigenvalue weighted by atomic mass is 10.1. The fourth-order valence-corrected chi connectivity index (χ4v) is 0.708. The van der Waals surface area contributed by atoms with Crippen molar-refractivity contribution in [2.75, 3.05) is 0 Å². The van der Waals surface area contributed by atoms with Crippen LogP contribution in [0.15, 0.2) is 12.2 Å². The Bertz CT molecular complexity index is 247. The van der Waals surface area contributed by atoms with Crippen LogP contribution in [-0.2, 0) is 9.53 Å². The van der Waals surface area contributed by atoms with Gasteiger partial charge in [0.1, 0.15) is 0 Å². The SMILES string of the molecule is C=C(C)C(=O)OC(O)CC(C)C(F)(F)F. The number of esters is 1. The first-order valence-corrected chi connectivity index (χ1v) is 4.26. The summed E-state index contributed by atoms with van der Waals surface area (Å²) in [6, 6.07) is 0. The maximum atomic E-state index is 12.0. The quantitative estimate of drug-likeness (QED) is 0.453. The molecule has 2 unspecified atom stereocenters. The molecule has 0 rings (SSSR count). The summed E-state index contributed by atoms with van der Waals surface area (Å²) in [5.41, 5.74) is 0.0220. The van der Waals surface area contributed by atoms with Gasteiger partial charge in [0.25, 0.3) is 0 Å². The minimum absolute atomic E-state index is 0.0220. The second kappa shape index (κ2) is 5.16. The summed E-state index contributed by atoms with van der Waals surface area (Å²) in [6.07, 6.45) is -6.84. The second-order valence-electron chi connectivity index (χ2n) is 3.32. The van der Waals surface area contributed by atoms with E-state index in [0.29, 0.717) is 0 Å². The lowest BCUT2D eigenvalue weighted by Gasteiger charge is -2.19. The van der Waals surface area contributed by atoms with Crippen molar-refractivity contribution in [3.05, 3.63) is 12.2 Å². The summed E-state index contributed by atoms with van der Waals surface area (Å²) in [7, 11) is 0. The van der Waals surface area contributed by atoms with Gasteiger partial charge in [0.15, 0.2) is 0 Å². The normalized spacial score (nSPS) is 15.6. The van der Waals surface area contributed by atoms with Gasteiger partial charge >= 0.3 is 12.1 Å². The molecule has 0 aromatic carbocycles. The third-order valence-electron chi connectivity index (χ3n) is 1.71. The van der Waals surface area contributed by atoms with Crippen LogP contribution in [0, 0.1) is 5.92 Å². The van der Waals surface area contributed by atoms with E-state index in [1.807, 2.05) is 0 Å². The fourth-order valence-electron chi connectivity index (χ4n) is 0.708. The van der Waals surface area contributed by atoms with Crippen molar-refractivity contribution < 1.29 is 27.8 Å². The zero-order chi connectivity index (χ0) is 12.2. The van der Waals surface area contributed by atoms with Gasteiger partial charge in [-0.05, 0) is 6.92 Å². The summed E-state index contributed by atoms with van der Waals surface area (Å²) in [5, 5.41) is 9.02. The Hall–Kier alpha value is -1.04. The molecule has 88 valence electrons. The standard InChI is InChI=1S/C9H13F3O3/c1-5(2)8(14)15-7(13)4-6(3)9(10,11)12/h6-7,13H,1,4H2,2-3H3. The average Bonchev–Trinajstić information content (AvgIpc) is 2.01. The number of aliphatic hydroxyl groups is 1. The second-order valence-corrected chi connectivity index (χ2v) is 3.32. The molecule has 0 bridgehead atoms. The smallest absolute Gasteiger partial charge is 0.391 e. The predicted octanol–water partition coefficient (Wildman–Crippen LogP) is 2.01. The Morgan fingerprint density at radius 2 is 2.00 bits per heavy atom. The minimum atomic E-state index is -4.41. The molecule has 0 aromatic rings. The maximum absolute atomic E-state index is 12.0. The van der Waals surface area contributed by atoms with Crippen LogP contribution in [-0.4, -0.2) is 23.5 Å². The summed E-state index contributed by atoms with van der Waals surface area (Å²) in [4.78, 5) is 10.8. The number of carbonyl (C=O) groups excluding carboxylic acids is 1. The Morgan fingerprint density at radius 3 is 2.33 bits per heavy atom. The molecule has 0 fully saturated rings. The molecule has 0 aliphatic carbocycles. The van der Waals surface area contributed by atoms with Crippen molar-refractivity contribution in [1.29, 1.82) is 0 Å². The van der Waals surface area contributed by atoms with Gasteiger partial charge in [-0.15, -0.1) is 0 Å². The van der Waals surface area contributed by atoms with Crippen molar-refractivity contribution in [3.8, 4) is 0 Å². The monoisotopic (exact) mass is 226 g/mol. The highest BCUT2D eigenvalue weighted by molar-refractivity contribution is 5.86. The zero-order valence-corrected chi connectivity index (χ0v) is 8.47. The average molecular weight is 226 g/mol. The molecule has 0 radical (unpaired) electrons. The van der Waals surface area contributed by atoms with Crippen LogP contribution < -0.4 is 0 Å². The third kappa shape index (κ3) is 5.41. The van der Waals surface area contributed by atoms with Gasteiger partial charge < -0.3 is 9.84 Å². The molecule has 0 spiro atoms. The summed E-state index contributed by atoms with van der Waals surface area (Å²) >= 11 is 0. The van der Waals surface area contributed by atoms with Crippen molar-refractivity contribution in [3.63, 3.8) is 0 Å². The van der Waals surface area contributed by atoms with E-state index < -0.39 is 30.8 Å². The van der Waals surface area contributed by atoms with E-state index in [4.69, 9.17) is 5.11 Å². The number of alkyl halides is 3. The van der Waals surface area contributed by atoms with E-state index >= 15 is 0 Å². The first-order chi connectivity index (χ1) is 6.64. The number of aliphatic hydroxyl groups excluding tert-OH is 1. The molecule has 0 aliphatic heterocycles. The lowest BCUT2D eigenvalue weighted by molar-refractivity contribution is -0.199. The maximum Gasteiger partial charge on any atom is 0.391 e. The molecule has 3 nitrogen and oxygen atoms in total. The van der Waals surface area contributed by atoms with Crippen LogP contribution in [0.4, 0.5) is 13.2 Å². The first kappa shape index (κ1) is 14.0. The molecule has 0 saturated heterocycles. The highest BCUT2D eigenvalue weighted by atomic mass is 19.4. The number of ether oxygens (including phenoxy) is 1. The summed E-state index contributed by atoms with van der Waals surface area (Å²) in [6.45, 7) is 5.46. The first-order valence-electron chi connectivity index (χ1n) is 4.26. The van der Waals surface area contributed by atoms with Gasteiger partial charge in [0.05, 0.1) is 5.92 Å². The van der Waals surface area contributed by atoms with Crippen molar-refractivity contribution in [1.82, 2.24) is 0 Å². The van der Waals surface area contributed by atoms with Crippen molar-refractivity contribution in [2.24, 2.45) is 5.92 Å². The topological polar surface area (TPSA) is 46.5 Å². The number of hydrogen-bond acceptors (Lipinski definition) is 3. The Balaban J connectivity index is 4.10. The van der Waals surface area contributed by atoms with Crippen LogP contribution in [0.1, 0.15) is 20.3 Å². The van der Waals surface area contributed by atoms with E-state index in [9.17, 15) is 18.0 Å². The minimum Gasteiger partial charge on any atom is -0.433 e. The summed E-state index contributed by atoms with van der Waals surface area (Å²) in [5.74, 6) is -2.64. The van der Waals surface area contributed by atoms with E-state index in [1.165, 1.54) is 6.92 Å². The van der Waals surface area contributed by atoms with E-state index in [1.54, 1.807) is 0 Å². The molecule has 15 heavy (non-hydrogen) atoms. The van der Waals surface area contributed by atoms with Gasteiger partial charge in [-0.3, -0.25) is 0 Å². The lowest BCUT2D eigenvalue weighted by Crippen LogP contribution is -2.27. The molecule has 6 heteroatoms. The molecule has 0 saturated carbocycles. The number of rotatable bonds is 4.